The van der Waals surface area contributed by atoms with Gasteiger partial charge in [0.05, 0.1) is 26.2 Å². The molecule has 0 saturated carbocycles. The molecule has 2 aromatic rings. The van der Waals surface area contributed by atoms with Crippen LogP contribution in [0.1, 0.15) is 12.5 Å². The van der Waals surface area contributed by atoms with Gasteiger partial charge < -0.3 is 14.8 Å². The molecule has 2 aromatic carbocycles. The van der Waals surface area contributed by atoms with Crippen molar-refractivity contribution in [3.05, 3.63) is 47.0 Å². The molecule has 0 saturated heterocycles. The molecule has 152 valence electrons. The van der Waals surface area contributed by atoms with E-state index in [-0.39, 0.29) is 5.69 Å². The van der Waals surface area contributed by atoms with Gasteiger partial charge in [0.15, 0.2) is 11.5 Å². The number of hydrogen-bond donors (Lipinski definition) is 1. The monoisotopic (exact) mass is 426 g/mol. The molecule has 0 unspecified atom stereocenters. The average Bonchev–Trinajstić information content (AvgIpc) is 2.62. The lowest BCUT2D eigenvalue weighted by Gasteiger charge is -2.29. The summed E-state index contributed by atoms with van der Waals surface area (Å²) in [4.78, 5) is 12.8. The zero-order valence-electron chi connectivity index (χ0n) is 16.3. The maximum absolute atomic E-state index is 12.8. The van der Waals surface area contributed by atoms with Gasteiger partial charge in [-0.15, -0.1) is 0 Å². The van der Waals surface area contributed by atoms with Crippen LogP contribution in [-0.2, 0) is 14.8 Å². The molecule has 0 fully saturated rings. The smallest absolute Gasteiger partial charge is 0.248 e. The molecule has 0 spiro atoms. The number of ether oxygens (including phenoxy) is 2. The third-order valence-corrected chi connectivity index (χ3v) is 5.63. The van der Waals surface area contributed by atoms with Gasteiger partial charge in [-0.05, 0) is 49.7 Å². The van der Waals surface area contributed by atoms with Crippen molar-refractivity contribution in [3.8, 4) is 11.5 Å². The van der Waals surface area contributed by atoms with Crippen LogP contribution in [0.5, 0.6) is 11.5 Å². The molecule has 0 aliphatic carbocycles. The van der Waals surface area contributed by atoms with Gasteiger partial charge in [-0.2, -0.15) is 0 Å². The number of methoxy groups -OCH3 is 2. The van der Waals surface area contributed by atoms with Crippen LogP contribution in [-0.4, -0.2) is 40.8 Å². The number of rotatable bonds is 7. The van der Waals surface area contributed by atoms with Crippen molar-refractivity contribution in [1.29, 1.82) is 0 Å². The number of aryl methyl sites for hydroxylation is 1. The Bertz CT molecular complexity index is 978. The summed E-state index contributed by atoms with van der Waals surface area (Å²) in [6.45, 7) is 3.31. The molecule has 0 aliphatic heterocycles. The van der Waals surface area contributed by atoms with Gasteiger partial charge in [0.25, 0.3) is 0 Å². The minimum absolute atomic E-state index is 0.288. The summed E-state index contributed by atoms with van der Waals surface area (Å²) in [5.74, 6) is 0.328. The van der Waals surface area contributed by atoms with E-state index in [4.69, 9.17) is 21.1 Å². The number of halogens is 1. The van der Waals surface area contributed by atoms with Crippen LogP contribution in [0.25, 0.3) is 0 Å². The first-order valence-electron chi connectivity index (χ1n) is 8.37. The van der Waals surface area contributed by atoms with Crippen molar-refractivity contribution >= 4 is 38.9 Å². The van der Waals surface area contributed by atoms with Crippen LogP contribution >= 0.6 is 11.6 Å². The molecule has 28 heavy (non-hydrogen) atoms. The van der Waals surface area contributed by atoms with Gasteiger partial charge in [0.2, 0.25) is 15.9 Å². The molecule has 0 radical (unpaired) electrons. The second kappa shape index (κ2) is 8.70. The zero-order chi connectivity index (χ0) is 21.1. The van der Waals surface area contributed by atoms with Crippen LogP contribution in [0.4, 0.5) is 11.4 Å². The van der Waals surface area contributed by atoms with Crippen molar-refractivity contribution in [2.45, 2.75) is 19.9 Å². The van der Waals surface area contributed by atoms with Gasteiger partial charge in [-0.1, -0.05) is 11.6 Å². The third kappa shape index (κ3) is 4.88. The molecule has 9 heteroatoms. The maximum Gasteiger partial charge on any atom is 0.248 e. The third-order valence-electron chi connectivity index (χ3n) is 4.16. The van der Waals surface area contributed by atoms with E-state index in [9.17, 15) is 13.2 Å². The van der Waals surface area contributed by atoms with Crippen molar-refractivity contribution < 1.29 is 22.7 Å². The Morgan fingerprint density at radius 1 is 1.11 bits per heavy atom. The normalized spacial score (nSPS) is 12.2. The molecule has 0 heterocycles. The molecule has 1 atom stereocenters. The Hall–Kier alpha value is -2.45. The number of benzene rings is 2. The highest BCUT2D eigenvalue weighted by atomic mass is 35.5. The summed E-state index contributed by atoms with van der Waals surface area (Å²) in [6.07, 6.45) is 1.04. The summed E-state index contributed by atoms with van der Waals surface area (Å²) in [7, 11) is -0.828. The van der Waals surface area contributed by atoms with E-state index < -0.39 is 22.0 Å². The largest absolute Gasteiger partial charge is 0.493 e. The lowest BCUT2D eigenvalue weighted by molar-refractivity contribution is -0.116. The molecule has 1 amide bonds. The second-order valence-electron chi connectivity index (χ2n) is 6.22. The molecule has 0 aliphatic rings. The van der Waals surface area contributed by atoms with Gasteiger partial charge in [0.1, 0.15) is 6.04 Å². The van der Waals surface area contributed by atoms with Crippen molar-refractivity contribution in [2.24, 2.45) is 0 Å². The van der Waals surface area contributed by atoms with E-state index in [2.05, 4.69) is 5.32 Å². The predicted molar refractivity (Wildman–Crippen MR) is 111 cm³/mol. The highest BCUT2D eigenvalue weighted by Crippen LogP contribution is 2.33. The average molecular weight is 427 g/mol. The summed E-state index contributed by atoms with van der Waals surface area (Å²) in [6, 6.07) is 8.67. The summed E-state index contributed by atoms with van der Waals surface area (Å²) >= 11 is 5.94. The fourth-order valence-corrected chi connectivity index (χ4v) is 4.17. The molecule has 2 rings (SSSR count). The SMILES string of the molecule is COc1ccc(N([C@@H](C)C(=O)Nc2ccc(Cl)cc2C)S(C)(=O)=O)cc1OC. The topological polar surface area (TPSA) is 84.9 Å². The second-order valence-corrected chi connectivity index (χ2v) is 8.52. The van der Waals surface area contributed by atoms with Gasteiger partial charge >= 0.3 is 0 Å². The van der Waals surface area contributed by atoms with E-state index in [1.165, 1.54) is 27.2 Å². The van der Waals surface area contributed by atoms with Crippen molar-refractivity contribution in [3.63, 3.8) is 0 Å². The lowest BCUT2D eigenvalue weighted by atomic mass is 10.2. The van der Waals surface area contributed by atoms with Crippen LogP contribution in [0.15, 0.2) is 36.4 Å². The number of amides is 1. The summed E-state index contributed by atoms with van der Waals surface area (Å²) in [5.41, 5.74) is 1.61. The Morgan fingerprint density at radius 3 is 2.29 bits per heavy atom. The number of hydrogen-bond acceptors (Lipinski definition) is 5. The highest BCUT2D eigenvalue weighted by molar-refractivity contribution is 7.92. The van der Waals surface area contributed by atoms with Crippen LogP contribution < -0.4 is 19.1 Å². The maximum atomic E-state index is 12.8. The van der Waals surface area contributed by atoms with Crippen LogP contribution in [0, 0.1) is 6.92 Å². The number of nitrogens with one attached hydrogen (secondary N) is 1. The lowest BCUT2D eigenvalue weighted by Crippen LogP contribution is -2.45. The first-order valence-corrected chi connectivity index (χ1v) is 10.6. The molecule has 7 nitrogen and oxygen atoms in total. The van der Waals surface area contributed by atoms with E-state index >= 15 is 0 Å². The Balaban J connectivity index is 2.39. The van der Waals surface area contributed by atoms with E-state index in [0.717, 1.165) is 16.1 Å². The van der Waals surface area contributed by atoms with E-state index in [0.29, 0.717) is 22.2 Å². The molecular weight excluding hydrogens is 404 g/mol. The quantitative estimate of drug-likeness (QED) is 0.732. The Kier molecular flexibility index (Phi) is 6.79. The first kappa shape index (κ1) is 21.8. The highest BCUT2D eigenvalue weighted by Gasteiger charge is 2.30. The van der Waals surface area contributed by atoms with Crippen molar-refractivity contribution in [2.75, 3.05) is 30.1 Å². The van der Waals surface area contributed by atoms with Crippen molar-refractivity contribution in [1.82, 2.24) is 0 Å². The molecule has 0 bridgehead atoms. The number of nitrogens with zero attached hydrogens (tertiary/aromatic N) is 1. The predicted octanol–water partition coefficient (Wildman–Crippen LogP) is 3.46. The van der Waals surface area contributed by atoms with E-state index in [1.807, 2.05) is 0 Å². The molecule has 0 aromatic heterocycles. The van der Waals surface area contributed by atoms with Crippen LogP contribution in [0.2, 0.25) is 5.02 Å². The van der Waals surface area contributed by atoms with Gasteiger partial charge in [-0.3, -0.25) is 9.10 Å². The molecular formula is C19H23ClN2O5S. The summed E-state index contributed by atoms with van der Waals surface area (Å²) in [5, 5.41) is 3.30. The standard InChI is InChI=1S/C19H23ClN2O5S/c1-12-10-14(20)6-8-16(12)21-19(23)13(2)22(28(5,24)25)15-7-9-17(26-3)18(11-15)27-4/h6-11,13H,1-5H3,(H,21,23)/t13-/m0/s1. The summed E-state index contributed by atoms with van der Waals surface area (Å²) < 4.78 is 36.4. The zero-order valence-corrected chi connectivity index (χ0v) is 17.9. The number of sulfonamides is 1. The molecule has 1 N–H and O–H groups in total. The number of carbonyl (C=O) groups excluding carboxylic acids is 1. The fourth-order valence-electron chi connectivity index (χ4n) is 2.78. The van der Waals surface area contributed by atoms with Crippen LogP contribution in [0.3, 0.4) is 0 Å². The van der Waals surface area contributed by atoms with E-state index in [1.54, 1.807) is 37.3 Å². The minimum atomic E-state index is -3.76. The van der Waals surface area contributed by atoms with Gasteiger partial charge in [0, 0.05) is 16.8 Å². The Labute approximate surface area is 170 Å². The fraction of sp³-hybridized carbons (Fsp3) is 0.316. The minimum Gasteiger partial charge on any atom is -0.493 e. The van der Waals surface area contributed by atoms with Gasteiger partial charge in [-0.25, -0.2) is 8.42 Å². The number of carbonyl (C=O) groups is 1. The first-order chi connectivity index (χ1) is 13.1. The Morgan fingerprint density at radius 2 is 1.75 bits per heavy atom. The number of anilines is 2.